The fraction of sp³-hybridized carbons (Fsp3) is 0.474. The Hall–Kier alpha value is -2.90. The normalized spacial score (nSPS) is 21.2. The topological polar surface area (TPSA) is 96.0 Å². The first kappa shape index (κ1) is 18.9. The summed E-state index contributed by atoms with van der Waals surface area (Å²) in [7, 11) is 1.44. The van der Waals surface area contributed by atoms with E-state index in [1.54, 1.807) is 24.3 Å². The molecule has 1 atom stereocenters. The van der Waals surface area contributed by atoms with Gasteiger partial charge in [0.1, 0.15) is 0 Å². The van der Waals surface area contributed by atoms with Gasteiger partial charge in [-0.25, -0.2) is 4.79 Å². The quantitative estimate of drug-likeness (QED) is 0.774. The lowest BCUT2D eigenvalue weighted by Gasteiger charge is -2.48. The van der Waals surface area contributed by atoms with E-state index in [1.165, 1.54) is 16.8 Å². The number of esters is 1. The lowest BCUT2D eigenvalue weighted by molar-refractivity contribution is -0.160. The highest BCUT2D eigenvalue weighted by Crippen LogP contribution is 2.45. The number of benzene rings is 1. The number of hydrogen-bond donors (Lipinski definition) is 1. The Bertz CT molecular complexity index is 806. The average Bonchev–Trinajstić information content (AvgIpc) is 3.01. The Kier molecular flexibility index (Phi) is 4.91. The van der Waals surface area contributed by atoms with Gasteiger partial charge >= 0.3 is 5.97 Å². The molecular weight excluding hydrogens is 350 g/mol. The summed E-state index contributed by atoms with van der Waals surface area (Å²) in [6.45, 7) is 3.67. The lowest BCUT2D eigenvalue weighted by Crippen LogP contribution is -2.69. The van der Waals surface area contributed by atoms with Crippen LogP contribution >= 0.6 is 0 Å². The van der Waals surface area contributed by atoms with E-state index in [1.807, 2.05) is 13.8 Å². The smallest absolute Gasteiger partial charge is 0.354 e. The Labute approximate surface area is 157 Å². The number of fused-ring (bicyclic) bond motifs is 3. The zero-order valence-electron chi connectivity index (χ0n) is 15.7. The van der Waals surface area contributed by atoms with Gasteiger partial charge in [0.2, 0.25) is 11.6 Å². The van der Waals surface area contributed by atoms with Gasteiger partial charge in [0, 0.05) is 26.4 Å². The Morgan fingerprint density at radius 2 is 1.96 bits per heavy atom. The Morgan fingerprint density at radius 1 is 1.26 bits per heavy atom. The van der Waals surface area contributed by atoms with Gasteiger partial charge in [0.05, 0.1) is 11.3 Å². The van der Waals surface area contributed by atoms with Gasteiger partial charge in [-0.15, -0.1) is 0 Å². The standard InChI is InChI=1S/C19H23N3O5/c1-12(2)10-21-17(25)13-6-4-5-7-14(13)22-16(24)8-9-19(21,22)18(26)27-11-15(23)20-3/h4-7,12H,8-11H2,1-3H3,(H,20,23)/t19-/m1/s1. The maximum Gasteiger partial charge on any atom is 0.354 e. The SMILES string of the molecule is CNC(=O)COC(=O)[C@@]12CCC(=O)N1c1ccccc1C(=O)N2CC(C)C. The van der Waals surface area contributed by atoms with Crippen LogP contribution < -0.4 is 10.2 Å². The third-order valence-corrected chi connectivity index (χ3v) is 4.86. The van der Waals surface area contributed by atoms with Crippen LogP contribution in [0.25, 0.3) is 0 Å². The van der Waals surface area contributed by atoms with Crippen LogP contribution in [0.15, 0.2) is 24.3 Å². The summed E-state index contributed by atoms with van der Waals surface area (Å²) in [6.07, 6.45) is 0.247. The molecule has 1 aromatic carbocycles. The number of ether oxygens (including phenoxy) is 1. The number of likely N-dealkylation sites (N-methyl/N-ethyl adjacent to an activating group) is 1. The van der Waals surface area contributed by atoms with E-state index in [9.17, 15) is 19.2 Å². The van der Waals surface area contributed by atoms with Crippen molar-refractivity contribution in [1.29, 1.82) is 0 Å². The van der Waals surface area contributed by atoms with Crippen molar-refractivity contribution in [3.63, 3.8) is 0 Å². The second kappa shape index (κ2) is 7.02. The number of hydrogen-bond acceptors (Lipinski definition) is 5. The van der Waals surface area contributed by atoms with Gasteiger partial charge < -0.3 is 15.0 Å². The van der Waals surface area contributed by atoms with Gasteiger partial charge in [0.15, 0.2) is 6.61 Å². The molecule has 0 aromatic heterocycles. The zero-order valence-corrected chi connectivity index (χ0v) is 15.7. The number of carbonyl (C=O) groups is 4. The molecule has 1 saturated heterocycles. The van der Waals surface area contributed by atoms with E-state index in [0.717, 1.165) is 0 Å². The van der Waals surface area contributed by atoms with E-state index in [4.69, 9.17) is 4.74 Å². The van der Waals surface area contributed by atoms with Crippen LogP contribution in [0.4, 0.5) is 5.69 Å². The number of nitrogens with zero attached hydrogens (tertiary/aromatic N) is 2. The molecule has 0 spiro atoms. The molecule has 8 nitrogen and oxygen atoms in total. The molecule has 2 aliphatic heterocycles. The van der Waals surface area contributed by atoms with Crippen LogP contribution in [0.5, 0.6) is 0 Å². The van der Waals surface area contributed by atoms with Crippen molar-refractivity contribution >= 4 is 29.4 Å². The third-order valence-electron chi connectivity index (χ3n) is 4.86. The highest BCUT2D eigenvalue weighted by molar-refractivity contribution is 6.15. The van der Waals surface area contributed by atoms with Gasteiger partial charge in [0.25, 0.3) is 11.8 Å². The maximum absolute atomic E-state index is 13.2. The number of rotatable bonds is 5. The predicted octanol–water partition coefficient (Wildman–Crippen LogP) is 0.911. The fourth-order valence-corrected chi connectivity index (χ4v) is 3.68. The Balaban J connectivity index is 2.11. The van der Waals surface area contributed by atoms with Crippen molar-refractivity contribution in [1.82, 2.24) is 10.2 Å². The van der Waals surface area contributed by atoms with Gasteiger partial charge in [-0.2, -0.15) is 0 Å². The summed E-state index contributed by atoms with van der Waals surface area (Å²) in [5.41, 5.74) is -0.772. The number of nitrogens with one attached hydrogen (secondary N) is 1. The van der Waals surface area contributed by atoms with Crippen molar-refractivity contribution < 1.29 is 23.9 Å². The highest BCUT2D eigenvalue weighted by atomic mass is 16.5. The molecule has 8 heteroatoms. The van der Waals surface area contributed by atoms with Crippen molar-refractivity contribution in [2.24, 2.45) is 5.92 Å². The van der Waals surface area contributed by atoms with Crippen molar-refractivity contribution in [2.45, 2.75) is 32.4 Å². The molecule has 0 unspecified atom stereocenters. The molecule has 0 radical (unpaired) electrons. The molecule has 27 heavy (non-hydrogen) atoms. The largest absolute Gasteiger partial charge is 0.452 e. The molecule has 1 fully saturated rings. The van der Waals surface area contributed by atoms with Crippen molar-refractivity contribution in [3.05, 3.63) is 29.8 Å². The van der Waals surface area contributed by atoms with Crippen LogP contribution in [0.1, 0.15) is 37.0 Å². The van der Waals surface area contributed by atoms with Gasteiger partial charge in [-0.3, -0.25) is 19.3 Å². The summed E-state index contributed by atoms with van der Waals surface area (Å²) in [5, 5.41) is 2.38. The number of anilines is 1. The summed E-state index contributed by atoms with van der Waals surface area (Å²) in [6, 6.07) is 6.75. The van der Waals surface area contributed by atoms with Crippen LogP contribution in [0.2, 0.25) is 0 Å². The first-order valence-electron chi connectivity index (χ1n) is 8.94. The summed E-state index contributed by atoms with van der Waals surface area (Å²) < 4.78 is 5.22. The fourth-order valence-electron chi connectivity index (χ4n) is 3.68. The second-order valence-corrected chi connectivity index (χ2v) is 7.12. The minimum atomic E-state index is -1.55. The van der Waals surface area contributed by atoms with Crippen LogP contribution in [-0.2, 0) is 19.1 Å². The minimum Gasteiger partial charge on any atom is -0.452 e. The zero-order chi connectivity index (χ0) is 19.8. The molecular formula is C19H23N3O5. The number of para-hydroxylation sites is 1. The van der Waals surface area contributed by atoms with Crippen LogP contribution in [0.3, 0.4) is 0 Å². The predicted molar refractivity (Wildman–Crippen MR) is 96.8 cm³/mol. The van der Waals surface area contributed by atoms with Crippen molar-refractivity contribution in [2.75, 3.05) is 25.1 Å². The first-order chi connectivity index (χ1) is 12.8. The molecule has 1 aromatic rings. The molecule has 3 amide bonds. The van der Waals surface area contributed by atoms with Crippen LogP contribution in [-0.4, -0.2) is 54.5 Å². The van der Waals surface area contributed by atoms with E-state index < -0.39 is 24.1 Å². The van der Waals surface area contributed by atoms with Gasteiger partial charge in [-0.1, -0.05) is 26.0 Å². The molecule has 0 bridgehead atoms. The van der Waals surface area contributed by atoms with E-state index in [-0.39, 0.29) is 37.1 Å². The first-order valence-corrected chi connectivity index (χ1v) is 8.94. The molecule has 2 aliphatic rings. The monoisotopic (exact) mass is 373 g/mol. The lowest BCUT2D eigenvalue weighted by atomic mass is 9.95. The van der Waals surface area contributed by atoms with E-state index in [2.05, 4.69) is 5.32 Å². The highest BCUT2D eigenvalue weighted by Gasteiger charge is 2.62. The number of amides is 3. The average molecular weight is 373 g/mol. The molecule has 144 valence electrons. The van der Waals surface area contributed by atoms with Crippen molar-refractivity contribution in [3.8, 4) is 0 Å². The molecule has 0 saturated carbocycles. The third kappa shape index (κ3) is 2.94. The maximum atomic E-state index is 13.2. The molecule has 0 aliphatic carbocycles. The summed E-state index contributed by atoms with van der Waals surface area (Å²) in [4.78, 5) is 53.4. The second-order valence-electron chi connectivity index (χ2n) is 7.12. The van der Waals surface area contributed by atoms with Crippen LogP contribution in [0, 0.1) is 5.92 Å². The Morgan fingerprint density at radius 3 is 2.63 bits per heavy atom. The summed E-state index contributed by atoms with van der Waals surface area (Å²) >= 11 is 0. The minimum absolute atomic E-state index is 0.0698. The summed E-state index contributed by atoms with van der Waals surface area (Å²) in [5.74, 6) is -1.72. The molecule has 2 heterocycles. The van der Waals surface area contributed by atoms with Gasteiger partial charge in [-0.05, 0) is 18.1 Å². The number of carbonyl (C=O) groups excluding carboxylic acids is 4. The van der Waals surface area contributed by atoms with E-state index >= 15 is 0 Å². The van der Waals surface area contributed by atoms with E-state index in [0.29, 0.717) is 11.3 Å². The molecule has 1 N–H and O–H groups in total. The molecule has 3 rings (SSSR count).